The second-order valence-electron chi connectivity index (χ2n) is 3.51. The van der Waals surface area contributed by atoms with Crippen molar-refractivity contribution >= 4 is 17.5 Å². The molecule has 0 N–H and O–H groups in total. The van der Waals surface area contributed by atoms with Gasteiger partial charge in [-0.3, -0.25) is 4.79 Å². The van der Waals surface area contributed by atoms with Crippen LogP contribution in [0.1, 0.15) is 22.8 Å². The fraction of sp³-hybridized carbons (Fsp3) is 0.308. The number of halogens is 1. The molecule has 1 aromatic rings. The molecule has 1 rings (SSSR count). The normalized spacial score (nSPS) is 9.62. The second kappa shape index (κ2) is 5.58. The van der Waals surface area contributed by atoms with Gasteiger partial charge in [0.05, 0.1) is 17.1 Å². The van der Waals surface area contributed by atoms with Gasteiger partial charge in [-0.1, -0.05) is 23.6 Å². The molecular formula is C13H14ClNO. The van der Waals surface area contributed by atoms with Crippen molar-refractivity contribution in [2.45, 2.75) is 13.8 Å². The molecule has 0 heterocycles. The molecule has 0 fully saturated rings. The number of hydrogen-bond acceptors (Lipinski definition) is 1. The molecule has 84 valence electrons. The van der Waals surface area contributed by atoms with E-state index in [4.69, 9.17) is 18.0 Å². The van der Waals surface area contributed by atoms with Crippen LogP contribution < -0.4 is 0 Å². The highest BCUT2D eigenvalue weighted by Gasteiger charge is 2.15. The Balaban J connectivity index is 3.00. The maximum atomic E-state index is 12.0. The van der Waals surface area contributed by atoms with Crippen LogP contribution in [0.2, 0.25) is 5.02 Å². The summed E-state index contributed by atoms with van der Waals surface area (Å²) in [7, 11) is 0. The molecule has 0 aromatic heterocycles. The first kappa shape index (κ1) is 12.6. The van der Waals surface area contributed by atoms with Gasteiger partial charge in [0.2, 0.25) is 0 Å². The SMILES string of the molecule is C#CCN(CC)C(=O)c1ccc(C)cc1Cl. The molecule has 0 aliphatic rings. The van der Waals surface area contributed by atoms with Crippen LogP contribution in [0.5, 0.6) is 0 Å². The number of amides is 1. The lowest BCUT2D eigenvalue weighted by atomic mass is 10.1. The number of carbonyl (C=O) groups excluding carboxylic acids is 1. The quantitative estimate of drug-likeness (QED) is 0.738. The summed E-state index contributed by atoms with van der Waals surface area (Å²) in [5.74, 6) is 2.34. The Hall–Kier alpha value is -1.46. The van der Waals surface area contributed by atoms with E-state index in [2.05, 4.69) is 5.92 Å². The number of aryl methyl sites for hydroxylation is 1. The molecule has 3 heteroatoms. The molecule has 0 unspecified atom stereocenters. The van der Waals surface area contributed by atoms with Crippen LogP contribution in [0.3, 0.4) is 0 Å². The van der Waals surface area contributed by atoms with Crippen molar-refractivity contribution < 1.29 is 4.79 Å². The van der Waals surface area contributed by atoms with E-state index in [1.807, 2.05) is 19.9 Å². The fourth-order valence-corrected chi connectivity index (χ4v) is 1.72. The highest BCUT2D eigenvalue weighted by atomic mass is 35.5. The molecule has 0 spiro atoms. The van der Waals surface area contributed by atoms with E-state index in [1.54, 1.807) is 17.0 Å². The zero-order chi connectivity index (χ0) is 12.1. The molecule has 2 nitrogen and oxygen atoms in total. The number of rotatable bonds is 3. The maximum absolute atomic E-state index is 12.0. The molecule has 0 aliphatic heterocycles. The van der Waals surface area contributed by atoms with E-state index in [9.17, 15) is 4.79 Å². The predicted octanol–water partition coefficient (Wildman–Crippen LogP) is 2.74. The van der Waals surface area contributed by atoms with Gasteiger partial charge in [0.15, 0.2) is 0 Å². The zero-order valence-corrected chi connectivity index (χ0v) is 10.2. The number of carbonyl (C=O) groups is 1. The minimum atomic E-state index is -0.120. The first-order valence-electron chi connectivity index (χ1n) is 5.09. The van der Waals surface area contributed by atoms with Crippen molar-refractivity contribution in [3.8, 4) is 12.3 Å². The largest absolute Gasteiger partial charge is 0.328 e. The van der Waals surface area contributed by atoms with Gasteiger partial charge in [0.25, 0.3) is 5.91 Å². The number of terminal acetylenes is 1. The van der Waals surface area contributed by atoms with Gasteiger partial charge in [0, 0.05) is 6.54 Å². The van der Waals surface area contributed by atoms with Crippen molar-refractivity contribution in [2.24, 2.45) is 0 Å². The van der Waals surface area contributed by atoms with E-state index in [0.717, 1.165) is 5.56 Å². The minimum absolute atomic E-state index is 0.120. The van der Waals surface area contributed by atoms with Gasteiger partial charge in [-0.2, -0.15) is 0 Å². The third-order valence-corrected chi connectivity index (χ3v) is 2.62. The van der Waals surface area contributed by atoms with Crippen LogP contribution in [0, 0.1) is 19.3 Å². The summed E-state index contributed by atoms with van der Waals surface area (Å²) in [6.45, 7) is 4.70. The Morgan fingerprint density at radius 1 is 1.56 bits per heavy atom. The summed E-state index contributed by atoms with van der Waals surface area (Å²) < 4.78 is 0. The first-order valence-corrected chi connectivity index (χ1v) is 5.46. The molecule has 0 bridgehead atoms. The summed E-state index contributed by atoms with van der Waals surface area (Å²) in [5, 5.41) is 0.473. The molecule has 0 radical (unpaired) electrons. The van der Waals surface area contributed by atoms with E-state index >= 15 is 0 Å². The van der Waals surface area contributed by atoms with Crippen LogP contribution in [-0.2, 0) is 0 Å². The molecule has 0 atom stereocenters. The van der Waals surface area contributed by atoms with Crippen molar-refractivity contribution in [1.82, 2.24) is 4.90 Å². The standard InChI is InChI=1S/C13H14ClNO/c1-4-8-15(5-2)13(16)11-7-6-10(3)9-12(11)14/h1,6-7,9H,5,8H2,2-3H3. The smallest absolute Gasteiger partial charge is 0.256 e. The van der Waals surface area contributed by atoms with Crippen LogP contribution in [-0.4, -0.2) is 23.9 Å². The minimum Gasteiger partial charge on any atom is -0.328 e. The maximum Gasteiger partial charge on any atom is 0.256 e. The lowest BCUT2D eigenvalue weighted by Crippen LogP contribution is -2.31. The van der Waals surface area contributed by atoms with Crippen molar-refractivity contribution in [2.75, 3.05) is 13.1 Å². The molecule has 0 aliphatic carbocycles. The van der Waals surface area contributed by atoms with Gasteiger partial charge < -0.3 is 4.90 Å². The number of benzene rings is 1. The third-order valence-electron chi connectivity index (χ3n) is 2.31. The predicted molar refractivity (Wildman–Crippen MR) is 66.6 cm³/mol. The zero-order valence-electron chi connectivity index (χ0n) is 9.46. The molecule has 1 amide bonds. The average Bonchev–Trinajstić information content (AvgIpc) is 2.25. The van der Waals surface area contributed by atoms with Gasteiger partial charge in [-0.15, -0.1) is 6.42 Å². The summed E-state index contributed by atoms with van der Waals surface area (Å²) >= 11 is 6.03. The van der Waals surface area contributed by atoms with E-state index < -0.39 is 0 Å². The monoisotopic (exact) mass is 235 g/mol. The topological polar surface area (TPSA) is 20.3 Å². The summed E-state index contributed by atoms with van der Waals surface area (Å²) in [4.78, 5) is 13.6. The van der Waals surface area contributed by atoms with E-state index in [-0.39, 0.29) is 5.91 Å². The Bertz CT molecular complexity index is 434. The molecule has 1 aromatic carbocycles. The average molecular weight is 236 g/mol. The first-order chi connectivity index (χ1) is 7.60. The Labute approximate surface area is 101 Å². The van der Waals surface area contributed by atoms with E-state index in [1.165, 1.54) is 0 Å². The fourth-order valence-electron chi connectivity index (χ4n) is 1.40. The number of nitrogens with zero attached hydrogens (tertiary/aromatic N) is 1. The lowest BCUT2D eigenvalue weighted by Gasteiger charge is -2.18. The molecule has 16 heavy (non-hydrogen) atoms. The highest BCUT2D eigenvalue weighted by molar-refractivity contribution is 6.33. The van der Waals surface area contributed by atoms with Crippen LogP contribution >= 0.6 is 11.6 Å². The van der Waals surface area contributed by atoms with Gasteiger partial charge in [-0.05, 0) is 31.5 Å². The van der Waals surface area contributed by atoms with Crippen LogP contribution in [0.25, 0.3) is 0 Å². The summed E-state index contributed by atoms with van der Waals surface area (Å²) in [5.41, 5.74) is 1.53. The van der Waals surface area contributed by atoms with Crippen molar-refractivity contribution in [3.05, 3.63) is 34.3 Å². The van der Waals surface area contributed by atoms with Crippen molar-refractivity contribution in [1.29, 1.82) is 0 Å². The summed E-state index contributed by atoms with van der Waals surface area (Å²) in [6, 6.07) is 5.38. The Kier molecular flexibility index (Phi) is 4.39. The van der Waals surface area contributed by atoms with Gasteiger partial charge in [-0.25, -0.2) is 0 Å². The molecule has 0 saturated carbocycles. The molecule has 0 saturated heterocycles. The number of hydrogen-bond donors (Lipinski definition) is 0. The van der Waals surface area contributed by atoms with Gasteiger partial charge >= 0.3 is 0 Å². The second-order valence-corrected chi connectivity index (χ2v) is 3.91. The van der Waals surface area contributed by atoms with Crippen LogP contribution in [0.15, 0.2) is 18.2 Å². The summed E-state index contributed by atoms with van der Waals surface area (Å²) in [6.07, 6.45) is 5.21. The lowest BCUT2D eigenvalue weighted by molar-refractivity contribution is 0.0785. The van der Waals surface area contributed by atoms with Gasteiger partial charge in [0.1, 0.15) is 0 Å². The molecular weight excluding hydrogens is 222 g/mol. The Morgan fingerprint density at radius 3 is 2.75 bits per heavy atom. The third kappa shape index (κ3) is 2.77. The van der Waals surface area contributed by atoms with E-state index in [0.29, 0.717) is 23.7 Å². The highest BCUT2D eigenvalue weighted by Crippen LogP contribution is 2.19. The van der Waals surface area contributed by atoms with Crippen LogP contribution in [0.4, 0.5) is 0 Å². The Morgan fingerprint density at radius 2 is 2.25 bits per heavy atom. The van der Waals surface area contributed by atoms with Crippen molar-refractivity contribution in [3.63, 3.8) is 0 Å².